The third-order valence-electron chi connectivity index (χ3n) is 1.56. The van der Waals surface area contributed by atoms with Crippen molar-refractivity contribution in [3.05, 3.63) is 5.41 Å². The molecule has 0 aliphatic rings. The summed E-state index contributed by atoms with van der Waals surface area (Å²) in [5, 5.41) is 9.67. The Hall–Kier alpha value is 0.484. The van der Waals surface area contributed by atoms with Crippen molar-refractivity contribution >= 4 is 13.8 Å². The molecule has 0 amide bonds. The first-order valence-electron chi connectivity index (χ1n) is 4.18. The molecule has 3 heteroatoms. The second-order valence-corrected chi connectivity index (χ2v) is 10.9. The molecule has 0 spiro atoms. The molecule has 0 radical (unpaired) electrons. The van der Waals surface area contributed by atoms with Gasteiger partial charge in [0, 0.05) is 8.07 Å². The molecule has 0 aromatic heterocycles. The van der Waals surface area contributed by atoms with Crippen LogP contribution in [0.3, 0.4) is 0 Å². The van der Waals surface area contributed by atoms with Crippen LogP contribution in [0.4, 0.5) is 0 Å². The number of nitrogens with zero attached hydrogens (tertiary/aromatic N) is 1. The molecule has 0 aromatic carbocycles. The first-order chi connectivity index (χ1) is 4.63. The van der Waals surface area contributed by atoms with E-state index in [0.29, 0.717) is 5.71 Å². The minimum Gasteiger partial charge on any atom is -0.811 e. The summed E-state index contributed by atoms with van der Waals surface area (Å²) in [4.78, 5) is 0. The van der Waals surface area contributed by atoms with Gasteiger partial charge in [0.25, 0.3) is 0 Å². The average molecular weight is 177 g/mol. The van der Waals surface area contributed by atoms with Crippen LogP contribution < -0.4 is 18.9 Å². The minimum atomic E-state index is -1.12. The first-order valence-corrected chi connectivity index (χ1v) is 7.89. The Morgan fingerprint density at radius 3 is 1.58 bits per heavy atom. The van der Waals surface area contributed by atoms with E-state index in [1.807, 2.05) is 0 Å². The zero-order chi connectivity index (χ0) is 9.28. The minimum absolute atomic E-state index is 0. The maximum atomic E-state index is 9.67. The zero-order valence-corrected chi connectivity index (χ0v) is 10.7. The summed E-state index contributed by atoms with van der Waals surface area (Å²) < 4.78 is 0. The van der Waals surface area contributed by atoms with Crippen molar-refractivity contribution in [3.63, 3.8) is 0 Å². The van der Waals surface area contributed by atoms with E-state index in [1.165, 1.54) is 0 Å². The molecule has 0 aliphatic carbocycles. The molecule has 0 N–H and O–H groups in total. The fourth-order valence-corrected chi connectivity index (χ4v) is 2.30. The summed E-state index contributed by atoms with van der Waals surface area (Å²) in [6.07, 6.45) is 0. The average Bonchev–Trinajstić information content (AvgIpc) is 1.56. The van der Waals surface area contributed by atoms with Gasteiger partial charge in [-0.3, -0.25) is 0 Å². The maximum Gasteiger partial charge on any atom is 1.00 e. The van der Waals surface area contributed by atoms with Crippen LogP contribution in [0.25, 0.3) is 5.41 Å². The van der Waals surface area contributed by atoms with E-state index in [9.17, 15) is 5.41 Å². The third-order valence-corrected chi connectivity index (χ3v) is 2.96. The summed E-state index contributed by atoms with van der Waals surface area (Å²) in [7, 11) is -1.12. The molecule has 0 fully saturated rings. The molecule has 0 heterocycles. The summed E-state index contributed by atoms with van der Waals surface area (Å²) >= 11 is 0. The SMILES string of the molecule is CC(C)(C)C(=[N-])C[Si](C)(C)C.[Li+]. The standard InChI is InChI=1S/C9H20NSi.Li/c1-9(2,3)8(10)7-11(4,5)6;/h7H2,1-6H3;/q-1;+1. The number of hydrogen-bond acceptors (Lipinski definition) is 0. The molecule has 66 valence electrons. The quantitative estimate of drug-likeness (QED) is 0.430. The van der Waals surface area contributed by atoms with Crippen LogP contribution in [0, 0.1) is 5.41 Å². The fraction of sp³-hybridized carbons (Fsp3) is 0.889. The molecular weight excluding hydrogens is 157 g/mol. The molecule has 0 saturated heterocycles. The van der Waals surface area contributed by atoms with Crippen LogP contribution in [0.2, 0.25) is 25.7 Å². The van der Waals surface area contributed by atoms with E-state index in [4.69, 9.17) is 0 Å². The zero-order valence-electron chi connectivity index (χ0n) is 9.65. The van der Waals surface area contributed by atoms with Gasteiger partial charge in [0.05, 0.1) is 0 Å². The second kappa shape index (κ2) is 4.65. The topological polar surface area (TPSA) is 22.3 Å². The largest absolute Gasteiger partial charge is 1.00 e. The van der Waals surface area contributed by atoms with Gasteiger partial charge in [-0.1, -0.05) is 46.5 Å². The molecule has 0 unspecified atom stereocenters. The van der Waals surface area contributed by atoms with Gasteiger partial charge < -0.3 is 5.41 Å². The Labute approximate surface area is 90.0 Å². The monoisotopic (exact) mass is 177 g/mol. The van der Waals surface area contributed by atoms with E-state index in [2.05, 4.69) is 40.4 Å². The van der Waals surface area contributed by atoms with Crippen molar-refractivity contribution in [3.8, 4) is 0 Å². The summed E-state index contributed by atoms with van der Waals surface area (Å²) in [6, 6.07) is 0.927. The Kier molecular flexibility index (Phi) is 5.80. The van der Waals surface area contributed by atoms with Crippen molar-refractivity contribution in [2.45, 2.75) is 46.5 Å². The Bertz CT molecular complexity index is 153. The van der Waals surface area contributed by atoms with Gasteiger partial charge in [-0.2, -0.15) is 0 Å². The van der Waals surface area contributed by atoms with E-state index in [0.717, 1.165) is 6.04 Å². The van der Waals surface area contributed by atoms with Gasteiger partial charge in [0.2, 0.25) is 0 Å². The smallest absolute Gasteiger partial charge is 0.811 e. The number of rotatable bonds is 2. The Morgan fingerprint density at radius 1 is 1.17 bits per heavy atom. The molecule has 0 bridgehead atoms. The summed E-state index contributed by atoms with van der Waals surface area (Å²) in [5.41, 5.74) is 0.636. The third kappa shape index (κ3) is 7.15. The van der Waals surface area contributed by atoms with Crippen LogP contribution in [0.5, 0.6) is 0 Å². The van der Waals surface area contributed by atoms with Crippen LogP contribution in [0.15, 0.2) is 0 Å². The summed E-state index contributed by atoms with van der Waals surface area (Å²) in [6.45, 7) is 13.0. The van der Waals surface area contributed by atoms with Crippen LogP contribution in [0.1, 0.15) is 20.8 Å². The Balaban J connectivity index is 0. The molecule has 12 heavy (non-hydrogen) atoms. The molecular formula is C9H20LiNSi. The maximum absolute atomic E-state index is 9.67. The molecule has 0 atom stereocenters. The van der Waals surface area contributed by atoms with Gasteiger partial charge in [0.1, 0.15) is 0 Å². The van der Waals surface area contributed by atoms with E-state index < -0.39 is 8.07 Å². The van der Waals surface area contributed by atoms with E-state index in [1.54, 1.807) is 0 Å². The van der Waals surface area contributed by atoms with Crippen molar-refractivity contribution in [1.82, 2.24) is 0 Å². The van der Waals surface area contributed by atoms with E-state index >= 15 is 0 Å². The van der Waals surface area contributed by atoms with Gasteiger partial charge in [0.15, 0.2) is 0 Å². The summed E-state index contributed by atoms with van der Waals surface area (Å²) in [5.74, 6) is 0. The van der Waals surface area contributed by atoms with Crippen LogP contribution in [-0.2, 0) is 0 Å². The van der Waals surface area contributed by atoms with Gasteiger partial charge >= 0.3 is 18.9 Å². The first kappa shape index (κ1) is 15.0. The van der Waals surface area contributed by atoms with Crippen molar-refractivity contribution in [2.24, 2.45) is 5.41 Å². The second-order valence-electron chi connectivity index (χ2n) is 5.43. The van der Waals surface area contributed by atoms with Crippen molar-refractivity contribution in [1.29, 1.82) is 0 Å². The number of hydrogen-bond donors (Lipinski definition) is 0. The predicted molar refractivity (Wildman–Crippen MR) is 56.0 cm³/mol. The molecule has 0 saturated carbocycles. The van der Waals surface area contributed by atoms with Crippen molar-refractivity contribution < 1.29 is 18.9 Å². The van der Waals surface area contributed by atoms with Crippen LogP contribution >= 0.6 is 0 Å². The van der Waals surface area contributed by atoms with Gasteiger partial charge in [-0.25, -0.2) is 5.71 Å². The molecule has 1 nitrogen and oxygen atoms in total. The van der Waals surface area contributed by atoms with Gasteiger partial charge in [-0.15, -0.1) is 0 Å². The molecule has 0 rings (SSSR count). The van der Waals surface area contributed by atoms with Gasteiger partial charge in [-0.05, 0) is 5.41 Å². The fourth-order valence-electron chi connectivity index (χ4n) is 0.768. The normalized spacial score (nSPS) is 12.2. The van der Waals surface area contributed by atoms with E-state index in [-0.39, 0.29) is 24.3 Å². The Morgan fingerprint density at radius 2 is 1.50 bits per heavy atom. The molecule has 0 aromatic rings. The molecule has 0 aliphatic heterocycles. The van der Waals surface area contributed by atoms with Crippen molar-refractivity contribution in [2.75, 3.05) is 0 Å². The predicted octanol–water partition coefficient (Wildman–Crippen LogP) is 0.385. The van der Waals surface area contributed by atoms with Crippen LogP contribution in [-0.4, -0.2) is 13.8 Å².